The molecule has 1 fully saturated rings. The summed E-state index contributed by atoms with van der Waals surface area (Å²) >= 11 is 1.59. The number of rotatable bonds is 5. The molecule has 2 aromatic rings. The Morgan fingerprint density at radius 3 is 2.76 bits per heavy atom. The fourth-order valence-corrected chi connectivity index (χ4v) is 4.17. The average Bonchev–Trinajstić information content (AvgIpc) is 3.21. The summed E-state index contributed by atoms with van der Waals surface area (Å²) in [5, 5.41) is 3.97. The zero-order valence-corrected chi connectivity index (χ0v) is 15.1. The Hall–Kier alpha value is -2.28. The van der Waals surface area contributed by atoms with Crippen LogP contribution in [0.3, 0.4) is 0 Å². The molecule has 2 N–H and O–H groups in total. The number of hydrogen-bond donors (Lipinski definition) is 1. The maximum atomic E-state index is 12.9. The maximum Gasteiger partial charge on any atom is 0.255 e. The predicted octanol–water partition coefficient (Wildman–Crippen LogP) is 2.53. The molecule has 0 saturated carbocycles. The van der Waals surface area contributed by atoms with E-state index in [1.165, 1.54) is 0 Å². The summed E-state index contributed by atoms with van der Waals surface area (Å²) in [6.07, 6.45) is 0.634. The molecule has 1 aliphatic rings. The normalized spacial score (nSPS) is 17.0. The second-order valence-corrected chi connectivity index (χ2v) is 7.24. The largest absolute Gasteiger partial charge is 0.369 e. The highest BCUT2D eigenvalue weighted by Gasteiger charge is 2.31. The monoisotopic (exact) mass is 359 g/mol. The van der Waals surface area contributed by atoms with Gasteiger partial charge >= 0.3 is 0 Å². The number of primary amides is 1. The van der Waals surface area contributed by atoms with Crippen molar-refractivity contribution in [2.24, 2.45) is 11.7 Å². The van der Waals surface area contributed by atoms with Crippen molar-refractivity contribution in [1.82, 2.24) is 10.1 Å². The van der Waals surface area contributed by atoms with E-state index >= 15 is 0 Å². The van der Waals surface area contributed by atoms with Gasteiger partial charge in [-0.15, -0.1) is 11.8 Å². The van der Waals surface area contributed by atoms with Crippen LogP contribution >= 0.6 is 11.8 Å². The molecule has 0 aliphatic carbocycles. The van der Waals surface area contributed by atoms with Crippen molar-refractivity contribution in [3.63, 3.8) is 0 Å². The SMILES string of the molecule is Cc1noc(C)c1CSc1ccccc1C(=O)N1CCC(C(N)=O)C1. The highest BCUT2D eigenvalue weighted by Crippen LogP contribution is 2.30. The number of benzene rings is 1. The van der Waals surface area contributed by atoms with Crippen molar-refractivity contribution >= 4 is 23.6 Å². The summed E-state index contributed by atoms with van der Waals surface area (Å²) in [4.78, 5) is 26.8. The Labute approximate surface area is 150 Å². The first kappa shape index (κ1) is 17.5. The van der Waals surface area contributed by atoms with Crippen LogP contribution in [0.2, 0.25) is 0 Å². The number of nitrogens with two attached hydrogens (primary N) is 1. The van der Waals surface area contributed by atoms with Gasteiger partial charge in [-0.25, -0.2) is 0 Å². The minimum absolute atomic E-state index is 0.0504. The minimum Gasteiger partial charge on any atom is -0.369 e. The fourth-order valence-electron chi connectivity index (χ4n) is 2.97. The van der Waals surface area contributed by atoms with Gasteiger partial charge in [0.25, 0.3) is 5.91 Å². The molecule has 1 aromatic carbocycles. The van der Waals surface area contributed by atoms with Gasteiger partial charge in [0.2, 0.25) is 5.91 Å². The molecule has 1 unspecified atom stereocenters. The van der Waals surface area contributed by atoms with Crippen LogP contribution in [-0.2, 0) is 10.5 Å². The number of nitrogens with zero attached hydrogens (tertiary/aromatic N) is 2. The summed E-state index contributed by atoms with van der Waals surface area (Å²) in [6.45, 7) is 4.77. The van der Waals surface area contributed by atoms with Gasteiger partial charge < -0.3 is 15.2 Å². The van der Waals surface area contributed by atoms with E-state index in [-0.39, 0.29) is 17.7 Å². The predicted molar refractivity (Wildman–Crippen MR) is 95.2 cm³/mol. The Bertz CT molecular complexity index is 783. The van der Waals surface area contributed by atoms with E-state index in [2.05, 4.69) is 5.16 Å². The van der Waals surface area contributed by atoms with Gasteiger partial charge in [-0.05, 0) is 32.4 Å². The molecule has 0 bridgehead atoms. The molecule has 3 rings (SSSR count). The summed E-state index contributed by atoms with van der Waals surface area (Å²) in [6, 6.07) is 7.55. The quantitative estimate of drug-likeness (QED) is 0.829. The Morgan fingerprint density at radius 1 is 1.36 bits per heavy atom. The molecule has 2 amide bonds. The summed E-state index contributed by atoms with van der Waals surface area (Å²) in [5.74, 6) is 0.862. The molecular formula is C18H21N3O3S. The Kier molecular flexibility index (Phi) is 5.13. The topological polar surface area (TPSA) is 89.4 Å². The molecule has 1 atom stereocenters. The van der Waals surface area contributed by atoms with Gasteiger partial charge in [0.05, 0.1) is 17.2 Å². The lowest BCUT2D eigenvalue weighted by Crippen LogP contribution is -2.32. The molecular weight excluding hydrogens is 338 g/mol. The Balaban J connectivity index is 1.75. The zero-order valence-electron chi connectivity index (χ0n) is 14.3. The molecule has 7 heteroatoms. The van der Waals surface area contributed by atoms with Crippen LogP contribution in [0.4, 0.5) is 0 Å². The highest BCUT2D eigenvalue weighted by atomic mass is 32.2. The van der Waals surface area contributed by atoms with Gasteiger partial charge in [-0.2, -0.15) is 0 Å². The first-order chi connectivity index (χ1) is 12.0. The second kappa shape index (κ2) is 7.31. The first-order valence-electron chi connectivity index (χ1n) is 8.19. The zero-order chi connectivity index (χ0) is 18.0. The lowest BCUT2D eigenvalue weighted by molar-refractivity contribution is -0.121. The number of aryl methyl sites for hydroxylation is 2. The van der Waals surface area contributed by atoms with E-state index < -0.39 is 0 Å². The van der Waals surface area contributed by atoms with E-state index in [0.29, 0.717) is 30.8 Å². The summed E-state index contributed by atoms with van der Waals surface area (Å²) < 4.78 is 5.19. The second-order valence-electron chi connectivity index (χ2n) is 6.23. The number of carbonyl (C=O) groups is 2. The minimum atomic E-state index is -0.337. The van der Waals surface area contributed by atoms with E-state index in [9.17, 15) is 9.59 Å². The molecule has 0 radical (unpaired) electrons. The molecule has 2 heterocycles. The van der Waals surface area contributed by atoms with Crippen molar-refractivity contribution in [1.29, 1.82) is 0 Å². The number of thioether (sulfide) groups is 1. The number of carbonyl (C=O) groups excluding carboxylic acids is 2. The third-order valence-electron chi connectivity index (χ3n) is 4.55. The Morgan fingerprint density at radius 2 is 2.12 bits per heavy atom. The van der Waals surface area contributed by atoms with E-state index in [1.54, 1.807) is 16.7 Å². The third kappa shape index (κ3) is 3.71. The van der Waals surface area contributed by atoms with Crippen LogP contribution in [-0.4, -0.2) is 35.0 Å². The summed E-state index contributed by atoms with van der Waals surface area (Å²) in [7, 11) is 0. The standard InChI is InChI=1S/C18H21N3O3S/c1-11-15(12(2)24-20-11)10-25-16-6-4-3-5-14(16)18(23)21-8-7-13(9-21)17(19)22/h3-6,13H,7-10H2,1-2H3,(H2,19,22). The van der Waals surface area contributed by atoms with Crippen molar-refractivity contribution in [3.8, 4) is 0 Å². The van der Waals surface area contributed by atoms with Crippen LogP contribution in [0, 0.1) is 19.8 Å². The lowest BCUT2D eigenvalue weighted by atomic mass is 10.1. The van der Waals surface area contributed by atoms with Crippen LogP contribution in [0.15, 0.2) is 33.7 Å². The highest BCUT2D eigenvalue weighted by molar-refractivity contribution is 7.98. The van der Waals surface area contributed by atoms with E-state index in [0.717, 1.165) is 21.9 Å². The van der Waals surface area contributed by atoms with Gasteiger partial charge in [0.15, 0.2) is 0 Å². The van der Waals surface area contributed by atoms with Gasteiger partial charge in [0.1, 0.15) is 5.76 Å². The number of likely N-dealkylation sites (tertiary alicyclic amines) is 1. The van der Waals surface area contributed by atoms with E-state index in [1.807, 2.05) is 38.1 Å². The maximum absolute atomic E-state index is 12.9. The van der Waals surface area contributed by atoms with E-state index in [4.69, 9.17) is 10.3 Å². The fraction of sp³-hybridized carbons (Fsp3) is 0.389. The molecule has 25 heavy (non-hydrogen) atoms. The average molecular weight is 359 g/mol. The van der Waals surface area contributed by atoms with Crippen LogP contribution < -0.4 is 5.73 Å². The van der Waals surface area contributed by atoms with Gasteiger partial charge in [0, 0.05) is 29.3 Å². The number of hydrogen-bond acceptors (Lipinski definition) is 5. The van der Waals surface area contributed by atoms with Crippen LogP contribution in [0.25, 0.3) is 0 Å². The molecule has 1 aliphatic heterocycles. The molecule has 0 spiro atoms. The molecule has 1 saturated heterocycles. The van der Waals surface area contributed by atoms with Crippen molar-refractivity contribution in [2.45, 2.75) is 30.9 Å². The van der Waals surface area contributed by atoms with Crippen molar-refractivity contribution in [2.75, 3.05) is 13.1 Å². The van der Waals surface area contributed by atoms with Gasteiger partial charge in [-0.1, -0.05) is 17.3 Å². The van der Waals surface area contributed by atoms with Crippen LogP contribution in [0.5, 0.6) is 0 Å². The van der Waals surface area contributed by atoms with Crippen molar-refractivity contribution < 1.29 is 14.1 Å². The number of amides is 2. The number of aromatic nitrogens is 1. The third-order valence-corrected chi connectivity index (χ3v) is 5.65. The molecule has 6 nitrogen and oxygen atoms in total. The molecule has 1 aromatic heterocycles. The first-order valence-corrected chi connectivity index (χ1v) is 9.18. The van der Waals surface area contributed by atoms with Crippen LogP contribution in [0.1, 0.15) is 33.8 Å². The lowest BCUT2D eigenvalue weighted by Gasteiger charge is -2.18. The summed E-state index contributed by atoms with van der Waals surface area (Å²) in [5.41, 5.74) is 7.95. The van der Waals surface area contributed by atoms with Gasteiger partial charge in [-0.3, -0.25) is 9.59 Å². The smallest absolute Gasteiger partial charge is 0.255 e. The van der Waals surface area contributed by atoms with Crippen molar-refractivity contribution in [3.05, 3.63) is 46.8 Å². The molecule has 132 valence electrons.